The summed E-state index contributed by atoms with van der Waals surface area (Å²) in [5, 5.41) is 27.6. The number of allylic oxidation sites excluding steroid dienone is 4. The highest BCUT2D eigenvalue weighted by molar-refractivity contribution is 6.16. The van der Waals surface area contributed by atoms with Crippen molar-refractivity contribution in [2.75, 3.05) is 14.2 Å². The van der Waals surface area contributed by atoms with E-state index in [4.69, 9.17) is 9.47 Å². The Morgan fingerprint density at radius 2 is 0.955 bits per heavy atom. The molecular formula is C38H40N2O4. The lowest BCUT2D eigenvalue weighted by molar-refractivity contribution is 0.415. The first-order valence-corrected chi connectivity index (χ1v) is 15.0. The predicted octanol–water partition coefficient (Wildman–Crippen LogP) is 9.69. The summed E-state index contributed by atoms with van der Waals surface area (Å²) in [6, 6.07) is 12.3. The number of methoxy groups -OCH3 is 2. The molecule has 2 aromatic heterocycles. The van der Waals surface area contributed by atoms with Crippen LogP contribution >= 0.6 is 0 Å². The third kappa shape index (κ3) is 4.75. The second-order valence-electron chi connectivity index (χ2n) is 12.3. The maximum atomic E-state index is 11.9. The largest absolute Gasteiger partial charge is 0.505 e. The molecule has 6 heteroatoms. The predicted molar refractivity (Wildman–Crippen MR) is 183 cm³/mol. The van der Waals surface area contributed by atoms with Gasteiger partial charge in [-0.25, -0.2) is 0 Å². The standard InChI is InChI=1S/C38H40N2O4/c1-19(2)9-11-23-15-25(43-7)17-29-27-13-21(5)31(37(41)35(27)39-33(23)29)32-22(6)14-28-30-18-26(44-8)16-24(12-10-20(3)4)34(30)40-36(28)38(32)42/h9-10,13-18,39-42H,11-12H2,1-8H3. The van der Waals surface area contributed by atoms with E-state index in [1.54, 1.807) is 14.2 Å². The summed E-state index contributed by atoms with van der Waals surface area (Å²) in [4.78, 5) is 7.05. The van der Waals surface area contributed by atoms with Crippen molar-refractivity contribution in [2.24, 2.45) is 0 Å². The summed E-state index contributed by atoms with van der Waals surface area (Å²) in [6.45, 7) is 12.3. The van der Waals surface area contributed by atoms with Gasteiger partial charge in [-0.15, -0.1) is 0 Å². The van der Waals surface area contributed by atoms with Gasteiger partial charge in [-0.05, 0) is 113 Å². The average Bonchev–Trinajstić information content (AvgIpc) is 3.54. The van der Waals surface area contributed by atoms with Crippen LogP contribution in [-0.4, -0.2) is 34.4 Å². The fraction of sp³-hybridized carbons (Fsp3) is 0.263. The molecule has 0 fully saturated rings. The molecule has 0 amide bonds. The number of aromatic amines is 2. The van der Waals surface area contributed by atoms with Crippen molar-refractivity contribution in [2.45, 2.75) is 54.4 Å². The Balaban J connectivity index is 1.61. The van der Waals surface area contributed by atoms with Gasteiger partial charge in [0.15, 0.2) is 0 Å². The molecule has 0 radical (unpaired) electrons. The van der Waals surface area contributed by atoms with Gasteiger partial charge in [-0.1, -0.05) is 23.3 Å². The molecule has 0 aliphatic carbocycles. The average molecular weight is 589 g/mol. The molecule has 6 rings (SSSR count). The van der Waals surface area contributed by atoms with Crippen LogP contribution in [0.4, 0.5) is 0 Å². The van der Waals surface area contributed by atoms with E-state index in [0.29, 0.717) is 22.2 Å². The van der Waals surface area contributed by atoms with Crippen LogP contribution in [0.3, 0.4) is 0 Å². The Labute approximate surface area is 257 Å². The van der Waals surface area contributed by atoms with Crippen LogP contribution in [0.1, 0.15) is 49.9 Å². The van der Waals surface area contributed by atoms with Crippen molar-refractivity contribution in [3.63, 3.8) is 0 Å². The highest BCUT2D eigenvalue weighted by Gasteiger charge is 2.24. The lowest BCUT2D eigenvalue weighted by Crippen LogP contribution is -1.91. The van der Waals surface area contributed by atoms with E-state index in [9.17, 15) is 10.2 Å². The minimum atomic E-state index is 0.114. The minimum Gasteiger partial charge on any atom is -0.505 e. The summed E-state index contributed by atoms with van der Waals surface area (Å²) < 4.78 is 11.3. The van der Waals surface area contributed by atoms with E-state index in [1.165, 1.54) is 11.1 Å². The minimum absolute atomic E-state index is 0.114. The zero-order chi connectivity index (χ0) is 31.4. The molecule has 0 bridgehead atoms. The molecule has 0 aliphatic rings. The van der Waals surface area contributed by atoms with E-state index in [2.05, 4.69) is 61.9 Å². The molecule has 2 heterocycles. The summed E-state index contributed by atoms with van der Waals surface area (Å²) in [5.74, 6) is 1.77. The first-order valence-electron chi connectivity index (χ1n) is 15.0. The fourth-order valence-electron chi connectivity index (χ4n) is 6.41. The molecule has 0 saturated carbocycles. The van der Waals surface area contributed by atoms with Gasteiger partial charge in [-0.3, -0.25) is 0 Å². The van der Waals surface area contributed by atoms with Crippen molar-refractivity contribution in [1.29, 1.82) is 0 Å². The Bertz CT molecular complexity index is 2010. The number of aromatic nitrogens is 2. The number of phenols is 2. The van der Waals surface area contributed by atoms with Crippen LogP contribution in [0.2, 0.25) is 0 Å². The first-order chi connectivity index (χ1) is 21.0. The Morgan fingerprint density at radius 1 is 0.591 bits per heavy atom. The Morgan fingerprint density at radius 3 is 1.30 bits per heavy atom. The van der Waals surface area contributed by atoms with Gasteiger partial charge in [-0.2, -0.15) is 0 Å². The van der Waals surface area contributed by atoms with Crippen molar-refractivity contribution < 1.29 is 19.7 Å². The quantitative estimate of drug-likeness (QED) is 0.140. The molecule has 0 unspecified atom stereocenters. The van der Waals surface area contributed by atoms with Crippen molar-refractivity contribution in [1.82, 2.24) is 9.97 Å². The van der Waals surface area contributed by atoms with Crippen LogP contribution in [0, 0.1) is 13.8 Å². The number of aromatic hydroxyl groups is 2. The van der Waals surface area contributed by atoms with Crippen LogP contribution in [0.5, 0.6) is 23.0 Å². The summed E-state index contributed by atoms with van der Waals surface area (Å²) in [5.41, 5.74) is 10.8. The monoisotopic (exact) mass is 588 g/mol. The number of hydrogen-bond donors (Lipinski definition) is 4. The topological polar surface area (TPSA) is 90.5 Å². The second-order valence-corrected chi connectivity index (χ2v) is 12.3. The highest BCUT2D eigenvalue weighted by Crippen LogP contribution is 2.49. The number of H-pyrrole nitrogens is 2. The molecule has 4 aromatic carbocycles. The van der Waals surface area contributed by atoms with Crippen molar-refractivity contribution >= 4 is 43.6 Å². The SMILES string of the molecule is COc1cc(CC=C(C)C)c2[nH]c3c(O)c(-c4c(C)cc5c([nH]c6c(CC=C(C)C)cc(OC)cc65)c4O)c(C)cc3c2c1. The third-order valence-corrected chi connectivity index (χ3v) is 8.65. The molecule has 0 atom stereocenters. The van der Waals surface area contributed by atoms with Crippen LogP contribution < -0.4 is 9.47 Å². The summed E-state index contributed by atoms with van der Waals surface area (Å²) >= 11 is 0. The normalized spacial score (nSPS) is 11.5. The lowest BCUT2D eigenvalue weighted by atomic mass is 9.91. The van der Waals surface area contributed by atoms with Crippen LogP contribution in [0.25, 0.3) is 54.7 Å². The summed E-state index contributed by atoms with van der Waals surface area (Å²) in [7, 11) is 3.35. The molecule has 44 heavy (non-hydrogen) atoms. The van der Waals surface area contributed by atoms with E-state index < -0.39 is 0 Å². The smallest absolute Gasteiger partial charge is 0.147 e. The van der Waals surface area contributed by atoms with Gasteiger partial charge in [0, 0.05) is 32.7 Å². The van der Waals surface area contributed by atoms with Gasteiger partial charge in [0.05, 0.1) is 36.3 Å². The highest BCUT2D eigenvalue weighted by atomic mass is 16.5. The fourth-order valence-corrected chi connectivity index (χ4v) is 6.41. The maximum absolute atomic E-state index is 11.9. The van der Waals surface area contributed by atoms with E-state index in [1.807, 2.05) is 38.1 Å². The van der Waals surface area contributed by atoms with E-state index >= 15 is 0 Å². The number of benzene rings is 4. The van der Waals surface area contributed by atoms with Gasteiger partial charge < -0.3 is 29.7 Å². The van der Waals surface area contributed by atoms with Gasteiger partial charge in [0.25, 0.3) is 0 Å². The Hall–Kier alpha value is -4.84. The molecule has 0 saturated heterocycles. The van der Waals surface area contributed by atoms with Crippen LogP contribution in [0.15, 0.2) is 59.7 Å². The van der Waals surface area contributed by atoms with Crippen LogP contribution in [-0.2, 0) is 12.8 Å². The van der Waals surface area contributed by atoms with Crippen molar-refractivity contribution in [3.05, 3.63) is 82.0 Å². The van der Waals surface area contributed by atoms with Crippen molar-refractivity contribution in [3.8, 4) is 34.1 Å². The number of hydrogen-bond acceptors (Lipinski definition) is 4. The molecule has 6 aromatic rings. The zero-order valence-electron chi connectivity index (χ0n) is 26.7. The lowest BCUT2D eigenvalue weighted by Gasteiger charge is -2.15. The number of aryl methyl sites for hydroxylation is 2. The zero-order valence-corrected chi connectivity index (χ0v) is 26.7. The number of phenolic OH excluding ortho intramolecular Hbond substituents is 2. The Kier molecular flexibility index (Phi) is 7.32. The molecule has 6 nitrogen and oxygen atoms in total. The maximum Gasteiger partial charge on any atom is 0.147 e. The third-order valence-electron chi connectivity index (χ3n) is 8.65. The molecule has 226 valence electrons. The summed E-state index contributed by atoms with van der Waals surface area (Å²) in [6.07, 6.45) is 5.86. The van der Waals surface area contributed by atoms with Gasteiger partial charge in [0.1, 0.15) is 23.0 Å². The van der Waals surface area contributed by atoms with E-state index in [-0.39, 0.29) is 11.5 Å². The van der Waals surface area contributed by atoms with Gasteiger partial charge >= 0.3 is 0 Å². The first kappa shape index (κ1) is 29.2. The number of rotatable bonds is 7. The van der Waals surface area contributed by atoms with Gasteiger partial charge in [0.2, 0.25) is 0 Å². The number of nitrogens with one attached hydrogen (secondary N) is 2. The second kappa shape index (κ2) is 11.0. The molecular weight excluding hydrogens is 548 g/mol. The molecule has 4 N–H and O–H groups in total. The number of fused-ring (bicyclic) bond motifs is 6. The molecule has 0 aliphatic heterocycles. The molecule has 0 spiro atoms. The van der Waals surface area contributed by atoms with E-state index in [0.717, 1.165) is 79.2 Å². The number of ether oxygens (including phenoxy) is 2.